The molecule has 0 unspecified atom stereocenters. The molecular weight excluding hydrogens is 498 g/mol. The fourth-order valence-electron chi connectivity index (χ4n) is 7.20. The second-order valence-corrected chi connectivity index (χ2v) is 11.6. The summed E-state index contributed by atoms with van der Waals surface area (Å²) in [5.74, 6) is 1.80. The zero-order valence-corrected chi connectivity index (χ0v) is 23.1. The van der Waals surface area contributed by atoms with Gasteiger partial charge in [0.1, 0.15) is 11.5 Å². The van der Waals surface area contributed by atoms with Crippen LogP contribution in [0.1, 0.15) is 47.2 Å². The quantitative estimate of drug-likeness (QED) is 0.223. The van der Waals surface area contributed by atoms with Crippen molar-refractivity contribution >= 4 is 0 Å². The number of rotatable bonds is 2. The van der Waals surface area contributed by atoms with E-state index in [9.17, 15) is 0 Å². The highest BCUT2D eigenvalue weighted by molar-refractivity contribution is 5.79. The van der Waals surface area contributed by atoms with Gasteiger partial charge >= 0.3 is 0 Å². The molecule has 2 nitrogen and oxygen atoms in total. The van der Waals surface area contributed by atoms with Crippen molar-refractivity contribution in [3.05, 3.63) is 173 Å². The molecule has 2 heteroatoms. The molecule has 1 spiro atoms. The molecule has 5 aromatic carbocycles. The molecule has 0 atom stereocenters. The molecule has 0 N–H and O–H groups in total. The third-order valence-corrected chi connectivity index (χ3v) is 9.06. The predicted octanol–water partition coefficient (Wildman–Crippen LogP) is 9.54. The molecular formula is C39H29NO. The van der Waals surface area contributed by atoms with E-state index < -0.39 is 5.41 Å². The molecule has 8 rings (SSSR count). The van der Waals surface area contributed by atoms with Crippen LogP contribution in [0.3, 0.4) is 0 Å². The van der Waals surface area contributed by atoms with E-state index >= 15 is 0 Å². The van der Waals surface area contributed by atoms with Gasteiger partial charge in [-0.1, -0.05) is 117 Å². The molecule has 0 saturated carbocycles. The smallest absolute Gasteiger partial charge is 0.132 e. The Morgan fingerprint density at radius 2 is 1.05 bits per heavy atom. The van der Waals surface area contributed by atoms with Crippen molar-refractivity contribution in [2.45, 2.75) is 24.7 Å². The van der Waals surface area contributed by atoms with Crippen molar-refractivity contribution in [1.82, 2.24) is 4.98 Å². The first-order valence-electron chi connectivity index (χ1n) is 14.2. The van der Waals surface area contributed by atoms with E-state index in [1.807, 2.05) is 18.3 Å². The normalized spacial score (nSPS) is 15.2. The molecule has 196 valence electrons. The van der Waals surface area contributed by atoms with Crippen LogP contribution in [-0.2, 0) is 10.8 Å². The number of pyridine rings is 1. The summed E-state index contributed by atoms with van der Waals surface area (Å²) in [6, 6.07) is 47.9. The summed E-state index contributed by atoms with van der Waals surface area (Å²) in [6.45, 7) is 4.70. The van der Waals surface area contributed by atoms with E-state index in [0.29, 0.717) is 0 Å². The summed E-state index contributed by atoms with van der Waals surface area (Å²) in [5, 5.41) is 0. The van der Waals surface area contributed by atoms with Gasteiger partial charge in [-0.2, -0.15) is 0 Å². The lowest BCUT2D eigenvalue weighted by molar-refractivity contribution is 0.425. The number of fused-ring (bicyclic) bond motifs is 8. The Labute approximate surface area is 240 Å². The summed E-state index contributed by atoms with van der Waals surface area (Å²) in [7, 11) is 0. The van der Waals surface area contributed by atoms with Gasteiger partial charge in [0.15, 0.2) is 0 Å². The van der Waals surface area contributed by atoms with Crippen molar-refractivity contribution < 1.29 is 4.74 Å². The van der Waals surface area contributed by atoms with Crippen LogP contribution in [0.25, 0.3) is 22.4 Å². The largest absolute Gasteiger partial charge is 0.457 e. The predicted molar refractivity (Wildman–Crippen MR) is 166 cm³/mol. The maximum atomic E-state index is 6.75. The molecule has 0 amide bonds. The topological polar surface area (TPSA) is 22.1 Å². The Balaban J connectivity index is 1.40. The average molecular weight is 528 g/mol. The third kappa shape index (κ3) is 3.34. The standard InChI is InChI=1S/C39H29NO/c1-38(2)29-14-3-5-16-31(29)39(32-17-6-4-15-30(32)38)33-18-7-8-20-36(33)41-37-25-27(21-22-34(37)39)26-12-11-13-28(24-26)35-19-9-10-23-40-35/h3-25H,1-2H3. The fourth-order valence-corrected chi connectivity index (χ4v) is 7.20. The Morgan fingerprint density at radius 1 is 0.463 bits per heavy atom. The SMILES string of the molecule is CC1(C)c2ccccc2C2(c3ccccc3Oc3cc(-c4cccc(-c5ccccn5)c4)ccc32)c2ccccc21. The zero-order valence-electron chi connectivity index (χ0n) is 23.1. The van der Waals surface area contributed by atoms with Crippen molar-refractivity contribution in [2.24, 2.45) is 0 Å². The minimum Gasteiger partial charge on any atom is -0.457 e. The molecule has 1 aliphatic carbocycles. The van der Waals surface area contributed by atoms with Gasteiger partial charge in [0, 0.05) is 28.3 Å². The van der Waals surface area contributed by atoms with Crippen molar-refractivity contribution in [3.8, 4) is 33.9 Å². The number of para-hydroxylation sites is 1. The van der Waals surface area contributed by atoms with Gasteiger partial charge in [0.25, 0.3) is 0 Å². The molecule has 2 heterocycles. The van der Waals surface area contributed by atoms with Gasteiger partial charge in [-0.25, -0.2) is 0 Å². The first-order valence-corrected chi connectivity index (χ1v) is 14.2. The highest BCUT2D eigenvalue weighted by Gasteiger charge is 2.52. The molecule has 2 aliphatic rings. The first kappa shape index (κ1) is 23.9. The van der Waals surface area contributed by atoms with E-state index in [2.05, 4.69) is 140 Å². The van der Waals surface area contributed by atoms with Gasteiger partial charge in [0.2, 0.25) is 0 Å². The van der Waals surface area contributed by atoms with Crippen molar-refractivity contribution in [1.29, 1.82) is 0 Å². The number of benzene rings is 5. The summed E-state index contributed by atoms with van der Waals surface area (Å²) < 4.78 is 6.75. The number of ether oxygens (including phenoxy) is 1. The van der Waals surface area contributed by atoms with Crippen LogP contribution >= 0.6 is 0 Å². The van der Waals surface area contributed by atoms with Crippen LogP contribution in [0.4, 0.5) is 0 Å². The van der Waals surface area contributed by atoms with E-state index in [1.54, 1.807) is 0 Å². The Bertz CT molecular complexity index is 1900. The van der Waals surface area contributed by atoms with Crippen LogP contribution in [0.2, 0.25) is 0 Å². The van der Waals surface area contributed by atoms with Crippen LogP contribution in [0.5, 0.6) is 11.5 Å². The molecule has 1 aromatic heterocycles. The summed E-state index contributed by atoms with van der Waals surface area (Å²) in [6.07, 6.45) is 1.84. The highest BCUT2D eigenvalue weighted by atomic mass is 16.5. The van der Waals surface area contributed by atoms with Crippen LogP contribution in [-0.4, -0.2) is 4.98 Å². The molecule has 0 radical (unpaired) electrons. The van der Waals surface area contributed by atoms with Gasteiger partial charge in [-0.05, 0) is 63.7 Å². The van der Waals surface area contributed by atoms with Crippen LogP contribution < -0.4 is 4.74 Å². The molecule has 41 heavy (non-hydrogen) atoms. The van der Waals surface area contributed by atoms with Gasteiger partial charge in [-0.3, -0.25) is 4.98 Å². The highest BCUT2D eigenvalue weighted by Crippen LogP contribution is 2.61. The molecule has 0 saturated heterocycles. The first-order chi connectivity index (χ1) is 20.1. The Morgan fingerprint density at radius 3 is 1.76 bits per heavy atom. The van der Waals surface area contributed by atoms with E-state index in [1.165, 1.54) is 33.4 Å². The van der Waals surface area contributed by atoms with Gasteiger partial charge in [0.05, 0.1) is 11.1 Å². The minimum atomic E-state index is -0.485. The zero-order chi connectivity index (χ0) is 27.6. The lowest BCUT2D eigenvalue weighted by atomic mass is 9.53. The van der Waals surface area contributed by atoms with Crippen LogP contribution in [0, 0.1) is 0 Å². The number of hydrogen-bond donors (Lipinski definition) is 0. The Hall–Kier alpha value is -4.95. The van der Waals surface area contributed by atoms with Crippen molar-refractivity contribution in [2.75, 3.05) is 0 Å². The fraction of sp³-hybridized carbons (Fsp3) is 0.103. The number of hydrogen-bond acceptors (Lipinski definition) is 2. The van der Waals surface area contributed by atoms with E-state index in [-0.39, 0.29) is 5.41 Å². The second-order valence-electron chi connectivity index (χ2n) is 11.6. The lowest BCUT2D eigenvalue weighted by Gasteiger charge is -2.50. The number of nitrogens with zero attached hydrogens (tertiary/aromatic N) is 1. The maximum absolute atomic E-state index is 6.75. The van der Waals surface area contributed by atoms with E-state index in [0.717, 1.165) is 33.9 Å². The summed E-state index contributed by atoms with van der Waals surface area (Å²) in [5.41, 5.74) is 11.4. The van der Waals surface area contributed by atoms with Gasteiger partial charge < -0.3 is 4.74 Å². The summed E-state index contributed by atoms with van der Waals surface area (Å²) in [4.78, 5) is 4.57. The average Bonchev–Trinajstić information content (AvgIpc) is 3.03. The third-order valence-electron chi connectivity index (χ3n) is 9.06. The second kappa shape index (κ2) is 8.78. The van der Waals surface area contributed by atoms with E-state index in [4.69, 9.17) is 4.74 Å². The summed E-state index contributed by atoms with van der Waals surface area (Å²) >= 11 is 0. The lowest BCUT2D eigenvalue weighted by Crippen LogP contribution is -2.43. The van der Waals surface area contributed by atoms with Crippen LogP contribution in [0.15, 0.2) is 140 Å². The molecule has 1 aliphatic heterocycles. The molecule has 6 aromatic rings. The van der Waals surface area contributed by atoms with Gasteiger partial charge in [-0.15, -0.1) is 0 Å². The Kier molecular flexibility index (Phi) is 5.11. The van der Waals surface area contributed by atoms with Crippen molar-refractivity contribution in [3.63, 3.8) is 0 Å². The number of aromatic nitrogens is 1. The molecule has 0 fully saturated rings. The molecule has 0 bridgehead atoms. The minimum absolute atomic E-state index is 0.127. The monoisotopic (exact) mass is 527 g/mol. The maximum Gasteiger partial charge on any atom is 0.132 e.